The number of hydrogen-bond donors (Lipinski definition) is 2. The Morgan fingerprint density at radius 1 is 1.40 bits per heavy atom. The molecule has 1 fully saturated rings. The van der Waals surface area contributed by atoms with Crippen LogP contribution in [0.5, 0.6) is 5.75 Å². The average molecular weight is 276 g/mol. The number of rotatable bonds is 3. The molecular formula is C15H20N2O3. The van der Waals surface area contributed by atoms with Crippen molar-refractivity contribution in [1.29, 1.82) is 0 Å². The van der Waals surface area contributed by atoms with E-state index in [0.717, 1.165) is 18.4 Å². The Labute approximate surface area is 118 Å². The molecule has 1 aliphatic heterocycles. The lowest BCUT2D eigenvalue weighted by Gasteiger charge is -2.15. The van der Waals surface area contributed by atoms with Crippen LogP contribution < -0.4 is 15.4 Å². The van der Waals surface area contributed by atoms with E-state index in [0.29, 0.717) is 24.3 Å². The van der Waals surface area contributed by atoms with Crippen LogP contribution in [-0.2, 0) is 4.79 Å². The molecule has 0 aliphatic carbocycles. The van der Waals surface area contributed by atoms with Crippen molar-refractivity contribution in [1.82, 2.24) is 10.6 Å². The molecule has 0 aromatic heterocycles. The van der Waals surface area contributed by atoms with Crippen LogP contribution >= 0.6 is 0 Å². The highest BCUT2D eigenvalue weighted by Crippen LogP contribution is 2.19. The van der Waals surface area contributed by atoms with Gasteiger partial charge in [-0.05, 0) is 43.9 Å². The number of nitrogens with one attached hydrogen (secondary N) is 2. The smallest absolute Gasteiger partial charge is 0.252 e. The quantitative estimate of drug-likeness (QED) is 0.877. The zero-order valence-corrected chi connectivity index (χ0v) is 11.9. The Morgan fingerprint density at radius 3 is 2.95 bits per heavy atom. The normalized spacial score (nSPS) is 18.9. The molecule has 5 nitrogen and oxygen atoms in total. The molecule has 5 heteroatoms. The van der Waals surface area contributed by atoms with Crippen molar-refractivity contribution < 1.29 is 14.3 Å². The van der Waals surface area contributed by atoms with E-state index < -0.39 is 6.04 Å². The fourth-order valence-corrected chi connectivity index (χ4v) is 2.28. The van der Waals surface area contributed by atoms with Crippen molar-refractivity contribution in [2.24, 2.45) is 0 Å². The van der Waals surface area contributed by atoms with E-state index in [4.69, 9.17) is 4.74 Å². The van der Waals surface area contributed by atoms with Gasteiger partial charge in [0.2, 0.25) is 5.91 Å². The van der Waals surface area contributed by atoms with Gasteiger partial charge in [-0.2, -0.15) is 0 Å². The number of methoxy groups -OCH3 is 1. The predicted octanol–water partition coefficient (Wildman–Crippen LogP) is 1.40. The van der Waals surface area contributed by atoms with Crippen molar-refractivity contribution in [2.75, 3.05) is 13.7 Å². The molecule has 1 saturated heterocycles. The highest BCUT2D eigenvalue weighted by atomic mass is 16.5. The topological polar surface area (TPSA) is 67.4 Å². The minimum Gasteiger partial charge on any atom is -0.496 e. The third kappa shape index (κ3) is 3.29. The molecule has 0 bridgehead atoms. The van der Waals surface area contributed by atoms with Gasteiger partial charge in [-0.3, -0.25) is 9.59 Å². The highest BCUT2D eigenvalue weighted by molar-refractivity contribution is 5.98. The predicted molar refractivity (Wildman–Crippen MR) is 75.8 cm³/mol. The van der Waals surface area contributed by atoms with Gasteiger partial charge >= 0.3 is 0 Å². The van der Waals surface area contributed by atoms with Crippen LogP contribution in [0.1, 0.15) is 35.2 Å². The van der Waals surface area contributed by atoms with E-state index in [1.165, 1.54) is 0 Å². The summed E-state index contributed by atoms with van der Waals surface area (Å²) in [6, 6.07) is 4.82. The first-order valence-corrected chi connectivity index (χ1v) is 6.85. The molecule has 1 atom stereocenters. The Bertz CT molecular complexity index is 514. The SMILES string of the molecule is COc1cc(C(=O)N[C@H]2CCCCNC2=O)ccc1C. The van der Waals surface area contributed by atoms with Gasteiger partial charge in [0, 0.05) is 12.1 Å². The summed E-state index contributed by atoms with van der Waals surface area (Å²) < 4.78 is 5.21. The lowest BCUT2D eigenvalue weighted by molar-refractivity contribution is -0.122. The van der Waals surface area contributed by atoms with Gasteiger partial charge in [-0.25, -0.2) is 0 Å². The van der Waals surface area contributed by atoms with Crippen LogP contribution in [0.25, 0.3) is 0 Å². The molecule has 2 amide bonds. The lowest BCUT2D eigenvalue weighted by Crippen LogP contribution is -2.45. The summed E-state index contributed by atoms with van der Waals surface area (Å²) in [7, 11) is 1.57. The number of hydrogen-bond acceptors (Lipinski definition) is 3. The lowest BCUT2D eigenvalue weighted by atomic mass is 10.1. The first kappa shape index (κ1) is 14.4. The van der Waals surface area contributed by atoms with Gasteiger partial charge in [0.05, 0.1) is 7.11 Å². The van der Waals surface area contributed by atoms with Crippen LogP contribution in [0, 0.1) is 6.92 Å². The van der Waals surface area contributed by atoms with Gasteiger partial charge < -0.3 is 15.4 Å². The van der Waals surface area contributed by atoms with E-state index in [9.17, 15) is 9.59 Å². The first-order chi connectivity index (χ1) is 9.61. The van der Waals surface area contributed by atoms with E-state index in [1.807, 2.05) is 13.0 Å². The number of benzene rings is 1. The average Bonchev–Trinajstić information content (AvgIpc) is 2.64. The summed E-state index contributed by atoms with van der Waals surface area (Å²) in [4.78, 5) is 24.0. The maximum Gasteiger partial charge on any atom is 0.252 e. The molecular weight excluding hydrogens is 256 g/mol. The summed E-state index contributed by atoms with van der Waals surface area (Å²) in [5.41, 5.74) is 1.47. The molecule has 1 aliphatic rings. The molecule has 0 radical (unpaired) electrons. The fourth-order valence-electron chi connectivity index (χ4n) is 2.28. The minimum atomic E-state index is -0.447. The highest BCUT2D eigenvalue weighted by Gasteiger charge is 2.23. The molecule has 1 aromatic rings. The Kier molecular flexibility index (Phi) is 4.61. The van der Waals surface area contributed by atoms with Crippen molar-refractivity contribution >= 4 is 11.8 Å². The van der Waals surface area contributed by atoms with Gasteiger partial charge in [0.1, 0.15) is 11.8 Å². The van der Waals surface area contributed by atoms with Crippen molar-refractivity contribution in [3.63, 3.8) is 0 Å². The van der Waals surface area contributed by atoms with Crippen LogP contribution in [0.3, 0.4) is 0 Å². The zero-order chi connectivity index (χ0) is 14.5. The summed E-state index contributed by atoms with van der Waals surface area (Å²) in [6.45, 7) is 2.60. The number of ether oxygens (including phenoxy) is 1. The minimum absolute atomic E-state index is 0.102. The molecule has 1 aromatic carbocycles. The summed E-state index contributed by atoms with van der Waals surface area (Å²) >= 11 is 0. The van der Waals surface area contributed by atoms with Crippen LogP contribution in [0.15, 0.2) is 18.2 Å². The first-order valence-electron chi connectivity index (χ1n) is 6.85. The summed E-state index contributed by atoms with van der Waals surface area (Å²) in [5, 5.41) is 5.59. The third-order valence-corrected chi connectivity index (χ3v) is 3.51. The van der Waals surface area contributed by atoms with Crippen LogP contribution in [-0.4, -0.2) is 31.5 Å². The van der Waals surface area contributed by atoms with Crippen LogP contribution in [0.4, 0.5) is 0 Å². The second-order valence-corrected chi connectivity index (χ2v) is 5.00. The standard InChI is InChI=1S/C15H20N2O3/c1-10-6-7-11(9-13(10)20-2)14(18)17-12-5-3-4-8-16-15(12)19/h6-7,9,12H,3-5,8H2,1-2H3,(H,16,19)(H,17,18)/t12-/m0/s1. The number of carbonyl (C=O) groups is 2. The Balaban J connectivity index is 2.09. The van der Waals surface area contributed by atoms with Gasteiger partial charge in [0.15, 0.2) is 0 Å². The molecule has 0 unspecified atom stereocenters. The second-order valence-electron chi connectivity index (χ2n) is 5.00. The molecule has 108 valence electrons. The molecule has 0 saturated carbocycles. The molecule has 1 heterocycles. The molecule has 2 N–H and O–H groups in total. The van der Waals surface area contributed by atoms with E-state index in [-0.39, 0.29) is 11.8 Å². The summed E-state index contributed by atoms with van der Waals surface area (Å²) in [5.74, 6) is 0.322. The number of amides is 2. The van der Waals surface area contributed by atoms with Crippen molar-refractivity contribution in [3.8, 4) is 5.75 Å². The van der Waals surface area contributed by atoms with Gasteiger partial charge in [-0.15, -0.1) is 0 Å². The maximum atomic E-state index is 12.2. The van der Waals surface area contributed by atoms with E-state index in [1.54, 1.807) is 19.2 Å². The molecule has 0 spiro atoms. The van der Waals surface area contributed by atoms with Crippen molar-refractivity contribution in [2.45, 2.75) is 32.2 Å². The second kappa shape index (κ2) is 6.41. The third-order valence-electron chi connectivity index (χ3n) is 3.51. The number of carbonyl (C=O) groups excluding carboxylic acids is 2. The van der Waals surface area contributed by atoms with Gasteiger partial charge in [-0.1, -0.05) is 6.07 Å². The monoisotopic (exact) mass is 276 g/mol. The van der Waals surface area contributed by atoms with E-state index in [2.05, 4.69) is 10.6 Å². The van der Waals surface area contributed by atoms with Crippen LogP contribution in [0.2, 0.25) is 0 Å². The van der Waals surface area contributed by atoms with Crippen molar-refractivity contribution in [3.05, 3.63) is 29.3 Å². The van der Waals surface area contributed by atoms with Gasteiger partial charge in [0.25, 0.3) is 5.91 Å². The Morgan fingerprint density at radius 2 is 2.20 bits per heavy atom. The largest absolute Gasteiger partial charge is 0.496 e. The Hall–Kier alpha value is -2.04. The number of aryl methyl sites for hydroxylation is 1. The zero-order valence-electron chi connectivity index (χ0n) is 11.9. The molecule has 2 rings (SSSR count). The maximum absolute atomic E-state index is 12.2. The fraction of sp³-hybridized carbons (Fsp3) is 0.467. The summed E-state index contributed by atoms with van der Waals surface area (Å²) in [6.07, 6.45) is 2.57. The van der Waals surface area contributed by atoms with E-state index >= 15 is 0 Å². The molecule has 20 heavy (non-hydrogen) atoms.